The Morgan fingerprint density at radius 3 is 2.46 bits per heavy atom. The molecule has 0 aromatic heterocycles. The summed E-state index contributed by atoms with van der Waals surface area (Å²) >= 11 is 0. The average molecular weight is 506 g/mol. The molecule has 10 heteroatoms. The van der Waals surface area contributed by atoms with E-state index < -0.39 is 28.3 Å². The summed E-state index contributed by atoms with van der Waals surface area (Å²) in [6.07, 6.45) is -1.29. The highest BCUT2D eigenvalue weighted by molar-refractivity contribution is 7.89. The number of alkyl carbamates (subject to hydrolysis) is 1. The van der Waals surface area contributed by atoms with Crippen molar-refractivity contribution in [1.29, 1.82) is 0 Å². The van der Waals surface area contributed by atoms with E-state index in [1.54, 1.807) is 0 Å². The smallest absolute Gasteiger partial charge is 0.407 e. The first-order chi connectivity index (χ1) is 16.6. The number of benzene rings is 2. The molecule has 3 atom stereocenters. The van der Waals surface area contributed by atoms with Gasteiger partial charge in [-0.1, -0.05) is 44.2 Å². The Bertz CT molecular complexity index is 1040. The lowest BCUT2D eigenvalue weighted by atomic mass is 10.0. The maximum absolute atomic E-state index is 13.4. The Balaban J connectivity index is 1.80. The van der Waals surface area contributed by atoms with Gasteiger partial charge < -0.3 is 25.6 Å². The van der Waals surface area contributed by atoms with E-state index in [0.717, 1.165) is 5.56 Å². The van der Waals surface area contributed by atoms with Crippen molar-refractivity contribution in [2.75, 3.05) is 32.0 Å². The van der Waals surface area contributed by atoms with Crippen LogP contribution in [0.1, 0.15) is 25.8 Å². The van der Waals surface area contributed by atoms with Gasteiger partial charge in [-0.15, -0.1) is 0 Å². The predicted octanol–water partition coefficient (Wildman–Crippen LogP) is 2.40. The first-order valence-electron chi connectivity index (χ1n) is 11.8. The quantitative estimate of drug-likeness (QED) is 0.400. The number of carbonyl (C=O) groups excluding carboxylic acids is 1. The van der Waals surface area contributed by atoms with Gasteiger partial charge in [0.2, 0.25) is 10.0 Å². The molecule has 0 bridgehead atoms. The summed E-state index contributed by atoms with van der Waals surface area (Å²) in [7, 11) is -3.90. The van der Waals surface area contributed by atoms with Gasteiger partial charge in [0.25, 0.3) is 0 Å². The number of amides is 1. The number of aliphatic hydroxyl groups excluding tert-OH is 1. The molecule has 1 heterocycles. The second kappa shape index (κ2) is 12.3. The molecular weight excluding hydrogens is 470 g/mol. The fourth-order valence-electron chi connectivity index (χ4n) is 3.90. The van der Waals surface area contributed by atoms with Crippen LogP contribution in [-0.2, 0) is 25.9 Å². The lowest BCUT2D eigenvalue weighted by Crippen LogP contribution is -2.51. The molecule has 192 valence electrons. The second-order valence-corrected chi connectivity index (χ2v) is 11.1. The molecule has 1 fully saturated rings. The van der Waals surface area contributed by atoms with E-state index in [1.807, 2.05) is 44.2 Å². The zero-order valence-electron chi connectivity index (χ0n) is 20.2. The zero-order valence-corrected chi connectivity index (χ0v) is 21.0. The van der Waals surface area contributed by atoms with Gasteiger partial charge in [0.05, 0.1) is 30.3 Å². The van der Waals surface area contributed by atoms with E-state index in [2.05, 4.69) is 5.32 Å². The normalized spacial score (nSPS) is 17.9. The topological polar surface area (TPSA) is 131 Å². The van der Waals surface area contributed by atoms with Gasteiger partial charge in [0, 0.05) is 25.2 Å². The van der Waals surface area contributed by atoms with Crippen LogP contribution in [0.3, 0.4) is 0 Å². The van der Waals surface area contributed by atoms with Crippen LogP contribution in [0.4, 0.5) is 10.5 Å². The molecule has 2 aromatic carbocycles. The number of hydrogen-bond acceptors (Lipinski definition) is 7. The van der Waals surface area contributed by atoms with Crippen molar-refractivity contribution in [2.45, 2.75) is 49.8 Å². The van der Waals surface area contributed by atoms with Crippen LogP contribution in [0.5, 0.6) is 0 Å². The summed E-state index contributed by atoms with van der Waals surface area (Å²) in [5, 5.41) is 13.9. The van der Waals surface area contributed by atoms with Gasteiger partial charge in [0.1, 0.15) is 6.10 Å². The molecule has 0 saturated carbocycles. The van der Waals surface area contributed by atoms with E-state index >= 15 is 0 Å². The minimum atomic E-state index is -3.90. The van der Waals surface area contributed by atoms with Crippen molar-refractivity contribution in [3.63, 3.8) is 0 Å². The molecule has 2 aromatic rings. The maximum atomic E-state index is 13.4. The monoisotopic (exact) mass is 505 g/mol. The van der Waals surface area contributed by atoms with Gasteiger partial charge >= 0.3 is 6.09 Å². The summed E-state index contributed by atoms with van der Waals surface area (Å²) in [4.78, 5) is 12.7. The third kappa shape index (κ3) is 7.93. The molecule has 0 spiro atoms. The van der Waals surface area contributed by atoms with Gasteiger partial charge in [-0.2, -0.15) is 4.31 Å². The first-order valence-corrected chi connectivity index (χ1v) is 13.2. The molecule has 1 amide bonds. The summed E-state index contributed by atoms with van der Waals surface area (Å²) in [5.41, 5.74) is 7.06. The van der Waals surface area contributed by atoms with Crippen LogP contribution < -0.4 is 11.1 Å². The summed E-state index contributed by atoms with van der Waals surface area (Å²) in [5.74, 6) is 0.0126. The number of nitrogens with two attached hydrogens (primary N) is 1. The molecule has 1 saturated heterocycles. The van der Waals surface area contributed by atoms with Gasteiger partial charge in [0.15, 0.2) is 0 Å². The number of nitrogen functional groups attached to an aromatic ring is 1. The maximum Gasteiger partial charge on any atom is 0.407 e. The van der Waals surface area contributed by atoms with Crippen molar-refractivity contribution in [3.05, 3.63) is 60.2 Å². The number of anilines is 1. The zero-order chi connectivity index (χ0) is 25.4. The van der Waals surface area contributed by atoms with E-state index in [0.29, 0.717) is 31.7 Å². The van der Waals surface area contributed by atoms with Gasteiger partial charge in [-0.05, 0) is 42.2 Å². The van der Waals surface area contributed by atoms with Crippen LogP contribution >= 0.6 is 0 Å². The molecule has 0 radical (unpaired) electrons. The van der Waals surface area contributed by atoms with E-state index in [9.17, 15) is 18.3 Å². The number of nitrogens with zero attached hydrogens (tertiary/aromatic N) is 1. The summed E-state index contributed by atoms with van der Waals surface area (Å²) < 4.78 is 38.7. The highest BCUT2D eigenvalue weighted by atomic mass is 32.2. The Kier molecular flexibility index (Phi) is 9.50. The van der Waals surface area contributed by atoms with Crippen molar-refractivity contribution in [2.24, 2.45) is 5.92 Å². The average Bonchev–Trinajstić information content (AvgIpc) is 3.31. The van der Waals surface area contributed by atoms with Crippen LogP contribution in [0.15, 0.2) is 59.5 Å². The number of nitrogens with one attached hydrogen (secondary N) is 1. The van der Waals surface area contributed by atoms with E-state index in [1.165, 1.54) is 28.6 Å². The Morgan fingerprint density at radius 1 is 1.17 bits per heavy atom. The molecule has 4 N–H and O–H groups in total. The van der Waals surface area contributed by atoms with Gasteiger partial charge in [-0.25, -0.2) is 13.2 Å². The first kappa shape index (κ1) is 26.9. The second-order valence-electron chi connectivity index (χ2n) is 9.18. The number of sulfonamides is 1. The molecule has 9 nitrogen and oxygen atoms in total. The third-order valence-electron chi connectivity index (χ3n) is 5.71. The molecule has 35 heavy (non-hydrogen) atoms. The highest BCUT2D eigenvalue weighted by Crippen LogP contribution is 2.20. The lowest BCUT2D eigenvalue weighted by Gasteiger charge is -2.30. The Morgan fingerprint density at radius 2 is 1.86 bits per heavy atom. The van der Waals surface area contributed by atoms with Crippen LogP contribution in [0.25, 0.3) is 0 Å². The lowest BCUT2D eigenvalue weighted by molar-refractivity contribution is 0.0644. The number of rotatable bonds is 11. The molecule has 3 rings (SSSR count). The van der Waals surface area contributed by atoms with Crippen molar-refractivity contribution >= 4 is 21.8 Å². The van der Waals surface area contributed by atoms with Crippen molar-refractivity contribution < 1.29 is 27.8 Å². The number of hydrogen-bond donors (Lipinski definition) is 3. The SMILES string of the molecule is CC(C)CN(C[C@H](O)[C@@H](Cc1ccccc1)NC(=O)O[C@H]1CCOC1)S(=O)(=O)c1ccc(N)cc1. The van der Waals surface area contributed by atoms with E-state index in [-0.39, 0.29) is 30.0 Å². The molecule has 1 aliphatic heterocycles. The van der Waals surface area contributed by atoms with Crippen LogP contribution in [0.2, 0.25) is 0 Å². The minimum absolute atomic E-state index is 0.0126. The fraction of sp³-hybridized carbons (Fsp3) is 0.480. The number of aliphatic hydroxyl groups is 1. The summed E-state index contributed by atoms with van der Waals surface area (Å²) in [6, 6.07) is 14.6. The summed E-state index contributed by atoms with van der Waals surface area (Å²) in [6.45, 7) is 4.67. The molecular formula is C25H35N3O6S. The molecule has 0 unspecified atom stereocenters. The largest absolute Gasteiger partial charge is 0.444 e. The van der Waals surface area contributed by atoms with E-state index in [4.69, 9.17) is 15.2 Å². The number of ether oxygens (including phenoxy) is 2. The molecule has 1 aliphatic rings. The number of carbonyl (C=O) groups is 1. The Hall–Kier alpha value is -2.66. The van der Waals surface area contributed by atoms with Crippen molar-refractivity contribution in [1.82, 2.24) is 9.62 Å². The van der Waals surface area contributed by atoms with Crippen LogP contribution in [-0.4, -0.2) is 68.5 Å². The van der Waals surface area contributed by atoms with Crippen molar-refractivity contribution in [3.8, 4) is 0 Å². The fourth-order valence-corrected chi connectivity index (χ4v) is 5.52. The van der Waals surface area contributed by atoms with Gasteiger partial charge in [-0.3, -0.25) is 0 Å². The standard InChI is InChI=1S/C25H35N3O6S/c1-18(2)15-28(35(31,32)22-10-8-20(26)9-11-22)16-24(29)23(14-19-6-4-3-5-7-19)27-25(30)34-21-12-13-33-17-21/h3-11,18,21,23-24,29H,12-17,26H2,1-2H3,(H,27,30)/t21-,23+,24-/m0/s1. The molecule has 0 aliphatic carbocycles. The predicted molar refractivity (Wildman–Crippen MR) is 133 cm³/mol. The van der Waals surface area contributed by atoms with Crippen LogP contribution in [0, 0.1) is 5.92 Å². The third-order valence-corrected chi connectivity index (χ3v) is 7.55. The Labute approximate surface area is 207 Å². The highest BCUT2D eigenvalue weighted by Gasteiger charge is 2.32. The minimum Gasteiger partial charge on any atom is -0.444 e.